The smallest absolute Gasteiger partial charge is 0.286 e. The zero-order chi connectivity index (χ0) is 16.6. The number of H-pyrrole nitrogens is 1. The highest BCUT2D eigenvalue weighted by atomic mass is 32.1. The zero-order valence-electron chi connectivity index (χ0n) is 13.0. The molecular formula is C14H16N6O2S. The molecule has 3 aromatic heterocycles. The Kier molecular flexibility index (Phi) is 3.95. The molecule has 120 valence electrons. The number of carbonyl (C=O) groups excluding carboxylic acids is 1. The van der Waals surface area contributed by atoms with Crippen LogP contribution >= 0.6 is 11.3 Å². The van der Waals surface area contributed by atoms with Crippen LogP contribution in [-0.2, 0) is 6.54 Å². The molecule has 8 nitrogen and oxygen atoms in total. The van der Waals surface area contributed by atoms with Crippen LogP contribution in [0.1, 0.15) is 40.8 Å². The summed E-state index contributed by atoms with van der Waals surface area (Å²) in [4.78, 5) is 38.6. The lowest BCUT2D eigenvalue weighted by atomic mass is 10.2. The van der Waals surface area contributed by atoms with Crippen molar-refractivity contribution in [3.8, 4) is 0 Å². The molecule has 0 aliphatic heterocycles. The van der Waals surface area contributed by atoms with Gasteiger partial charge >= 0.3 is 0 Å². The van der Waals surface area contributed by atoms with E-state index >= 15 is 0 Å². The van der Waals surface area contributed by atoms with Gasteiger partial charge in [-0.1, -0.05) is 13.8 Å². The van der Waals surface area contributed by atoms with E-state index in [0.29, 0.717) is 12.5 Å². The molecule has 23 heavy (non-hydrogen) atoms. The van der Waals surface area contributed by atoms with E-state index in [0.717, 1.165) is 15.2 Å². The number of carbonyl (C=O) groups is 1. The van der Waals surface area contributed by atoms with E-state index in [4.69, 9.17) is 0 Å². The lowest BCUT2D eigenvalue weighted by molar-refractivity contribution is 0.0781. The van der Waals surface area contributed by atoms with Gasteiger partial charge in [0.1, 0.15) is 11.9 Å². The van der Waals surface area contributed by atoms with Gasteiger partial charge in [-0.3, -0.25) is 14.7 Å². The van der Waals surface area contributed by atoms with Crippen LogP contribution in [0.2, 0.25) is 0 Å². The molecule has 3 heterocycles. The van der Waals surface area contributed by atoms with Crippen LogP contribution in [0.25, 0.3) is 5.78 Å². The summed E-state index contributed by atoms with van der Waals surface area (Å²) in [5, 5.41) is 5.60. The van der Waals surface area contributed by atoms with Gasteiger partial charge in [0.05, 0.1) is 17.2 Å². The van der Waals surface area contributed by atoms with Gasteiger partial charge in [-0.15, -0.1) is 11.3 Å². The van der Waals surface area contributed by atoms with Gasteiger partial charge < -0.3 is 4.90 Å². The van der Waals surface area contributed by atoms with Crippen molar-refractivity contribution in [3.05, 3.63) is 44.5 Å². The fraction of sp³-hybridized carbons (Fsp3) is 0.357. The van der Waals surface area contributed by atoms with Crippen LogP contribution in [0.3, 0.4) is 0 Å². The van der Waals surface area contributed by atoms with Crippen molar-refractivity contribution in [1.82, 2.24) is 29.5 Å². The Labute approximate surface area is 135 Å². The highest BCUT2D eigenvalue weighted by Gasteiger charge is 2.19. The number of aromatic amines is 1. The number of fused-ring (bicyclic) bond motifs is 1. The molecule has 0 atom stereocenters. The first-order valence-corrected chi connectivity index (χ1v) is 7.96. The van der Waals surface area contributed by atoms with E-state index in [2.05, 4.69) is 33.9 Å². The van der Waals surface area contributed by atoms with Gasteiger partial charge in [0.15, 0.2) is 0 Å². The minimum atomic E-state index is -0.467. The predicted molar refractivity (Wildman–Crippen MR) is 85.6 cm³/mol. The van der Waals surface area contributed by atoms with Crippen molar-refractivity contribution < 1.29 is 4.79 Å². The number of thiazole rings is 1. The van der Waals surface area contributed by atoms with Gasteiger partial charge in [-0.05, 0) is 0 Å². The summed E-state index contributed by atoms with van der Waals surface area (Å²) in [5.74, 6) is 0.187. The molecule has 9 heteroatoms. The Morgan fingerprint density at radius 2 is 2.22 bits per heavy atom. The molecule has 0 aliphatic rings. The van der Waals surface area contributed by atoms with Crippen LogP contribution in [0.4, 0.5) is 0 Å². The minimum Gasteiger partial charge on any atom is -0.336 e. The highest BCUT2D eigenvalue weighted by molar-refractivity contribution is 7.09. The molecule has 0 aliphatic carbocycles. The van der Waals surface area contributed by atoms with E-state index < -0.39 is 11.5 Å². The van der Waals surface area contributed by atoms with Gasteiger partial charge in [-0.25, -0.2) is 15.0 Å². The van der Waals surface area contributed by atoms with Crippen molar-refractivity contribution in [2.24, 2.45) is 0 Å². The van der Waals surface area contributed by atoms with Crippen LogP contribution in [0.5, 0.6) is 0 Å². The van der Waals surface area contributed by atoms with E-state index in [1.807, 2.05) is 5.38 Å². The monoisotopic (exact) mass is 332 g/mol. The van der Waals surface area contributed by atoms with Gasteiger partial charge in [0.25, 0.3) is 17.2 Å². The van der Waals surface area contributed by atoms with E-state index in [9.17, 15) is 9.59 Å². The van der Waals surface area contributed by atoms with Gasteiger partial charge in [0, 0.05) is 24.5 Å². The maximum absolute atomic E-state index is 12.5. The zero-order valence-corrected chi connectivity index (χ0v) is 13.8. The minimum absolute atomic E-state index is 0.00596. The fourth-order valence-corrected chi connectivity index (χ4v) is 2.95. The number of nitrogens with one attached hydrogen (secondary N) is 1. The van der Waals surface area contributed by atoms with Crippen LogP contribution in [-0.4, -0.2) is 42.4 Å². The van der Waals surface area contributed by atoms with Crippen molar-refractivity contribution in [1.29, 1.82) is 0 Å². The summed E-state index contributed by atoms with van der Waals surface area (Å²) in [6.45, 7) is 4.49. The summed E-state index contributed by atoms with van der Waals surface area (Å²) < 4.78 is 1.14. The first-order chi connectivity index (χ1) is 11.0. The SMILES string of the molecule is CC(C)c1nc(CN(C)C(=O)c2cnc3nc[nH]n3c2=O)cs1. The molecule has 0 bridgehead atoms. The first-order valence-electron chi connectivity index (χ1n) is 7.08. The van der Waals surface area contributed by atoms with Crippen molar-refractivity contribution in [3.63, 3.8) is 0 Å². The molecule has 0 spiro atoms. The topological polar surface area (TPSA) is 96.2 Å². The molecule has 1 amide bonds. The summed E-state index contributed by atoms with van der Waals surface area (Å²) in [6.07, 6.45) is 2.61. The van der Waals surface area contributed by atoms with E-state index in [-0.39, 0.29) is 11.3 Å². The number of rotatable bonds is 4. The first kappa shape index (κ1) is 15.3. The number of amides is 1. The van der Waals surface area contributed by atoms with Gasteiger partial charge in [-0.2, -0.15) is 4.52 Å². The van der Waals surface area contributed by atoms with Crippen molar-refractivity contribution >= 4 is 23.0 Å². The third kappa shape index (κ3) is 2.87. The largest absolute Gasteiger partial charge is 0.336 e. The van der Waals surface area contributed by atoms with Crippen molar-refractivity contribution in [2.75, 3.05) is 7.05 Å². The second-order valence-corrected chi connectivity index (χ2v) is 6.38. The second-order valence-electron chi connectivity index (χ2n) is 5.49. The summed E-state index contributed by atoms with van der Waals surface area (Å²) in [6, 6.07) is 0. The maximum atomic E-state index is 12.5. The lowest BCUT2D eigenvalue weighted by Gasteiger charge is -2.15. The normalized spacial score (nSPS) is 11.3. The quantitative estimate of drug-likeness (QED) is 0.776. The molecule has 0 saturated carbocycles. The average molecular weight is 332 g/mol. The molecule has 0 fully saturated rings. The third-order valence-corrected chi connectivity index (χ3v) is 4.54. The number of hydrogen-bond acceptors (Lipinski definition) is 6. The Balaban J connectivity index is 1.83. The Hall–Kier alpha value is -2.55. The summed E-state index contributed by atoms with van der Waals surface area (Å²) >= 11 is 1.57. The van der Waals surface area contributed by atoms with Crippen LogP contribution < -0.4 is 5.56 Å². The molecule has 1 N–H and O–H groups in total. The third-order valence-electron chi connectivity index (χ3n) is 3.35. The van der Waals surface area contributed by atoms with Gasteiger partial charge in [0.2, 0.25) is 0 Å². The number of nitrogens with zero attached hydrogens (tertiary/aromatic N) is 5. The van der Waals surface area contributed by atoms with Crippen molar-refractivity contribution in [2.45, 2.75) is 26.3 Å². The molecule has 0 saturated heterocycles. The Bertz CT molecular complexity index is 909. The Morgan fingerprint density at radius 1 is 1.43 bits per heavy atom. The maximum Gasteiger partial charge on any atom is 0.286 e. The van der Waals surface area contributed by atoms with Crippen LogP contribution in [0, 0.1) is 0 Å². The summed E-state index contributed by atoms with van der Waals surface area (Å²) in [7, 11) is 1.64. The lowest BCUT2D eigenvalue weighted by Crippen LogP contribution is -2.33. The standard InChI is InChI=1S/C14H16N6O2S/c1-8(2)11-18-9(6-23-11)5-19(3)12(21)10-4-15-14-16-7-17-20(14)13(10)22/h4,6-8H,5H2,1-3H3,(H,15,16,17). The number of hydrogen-bond donors (Lipinski definition) is 1. The predicted octanol–water partition coefficient (Wildman–Crippen LogP) is 1.27. The molecular weight excluding hydrogens is 316 g/mol. The molecule has 0 unspecified atom stereocenters. The molecule has 0 radical (unpaired) electrons. The summed E-state index contributed by atoms with van der Waals surface area (Å²) in [5.41, 5.74) is 0.337. The molecule has 0 aromatic carbocycles. The fourth-order valence-electron chi connectivity index (χ4n) is 2.13. The van der Waals surface area contributed by atoms with E-state index in [1.54, 1.807) is 18.4 Å². The highest BCUT2D eigenvalue weighted by Crippen LogP contribution is 2.20. The molecule has 3 aromatic rings. The number of aromatic nitrogens is 5. The average Bonchev–Trinajstić information content (AvgIpc) is 3.16. The van der Waals surface area contributed by atoms with E-state index in [1.165, 1.54) is 17.4 Å². The molecule has 3 rings (SSSR count). The van der Waals surface area contributed by atoms with Crippen LogP contribution in [0.15, 0.2) is 22.7 Å². The second kappa shape index (κ2) is 5.92. The Morgan fingerprint density at radius 3 is 2.91 bits per heavy atom.